The summed E-state index contributed by atoms with van der Waals surface area (Å²) in [6.07, 6.45) is 0. The number of amides is 1. The van der Waals surface area contributed by atoms with Gasteiger partial charge in [0.15, 0.2) is 0 Å². The fourth-order valence-electron chi connectivity index (χ4n) is 1.31. The van der Waals surface area contributed by atoms with Gasteiger partial charge in [-0.2, -0.15) is 0 Å². The molecule has 3 nitrogen and oxygen atoms in total. The number of hydrogen-bond acceptors (Lipinski definition) is 2. The van der Waals surface area contributed by atoms with E-state index in [2.05, 4.69) is 40.4 Å². The smallest absolute Gasteiger partial charge is 0.252 e. The molecule has 1 aromatic rings. The Kier molecular flexibility index (Phi) is 5.95. The summed E-state index contributed by atoms with van der Waals surface area (Å²) in [6.45, 7) is 5.45. The lowest BCUT2D eigenvalue weighted by atomic mass is 10.2. The SMILES string of the molecule is CC(C)NCCNC(=O)c1cccc(Br)c1Cl. The van der Waals surface area contributed by atoms with Crippen molar-refractivity contribution >= 4 is 33.4 Å². The minimum Gasteiger partial charge on any atom is -0.351 e. The first kappa shape index (κ1) is 14.5. The molecule has 17 heavy (non-hydrogen) atoms. The molecule has 0 aromatic heterocycles. The van der Waals surface area contributed by atoms with Crippen LogP contribution in [0.5, 0.6) is 0 Å². The number of nitrogens with one attached hydrogen (secondary N) is 2. The van der Waals surface area contributed by atoms with Gasteiger partial charge in [-0.15, -0.1) is 0 Å². The highest BCUT2D eigenvalue weighted by Gasteiger charge is 2.11. The highest BCUT2D eigenvalue weighted by Crippen LogP contribution is 2.25. The normalized spacial score (nSPS) is 10.6. The van der Waals surface area contributed by atoms with E-state index in [0.29, 0.717) is 23.2 Å². The van der Waals surface area contributed by atoms with Crippen molar-refractivity contribution in [3.05, 3.63) is 33.3 Å². The molecule has 1 amide bonds. The third kappa shape index (κ3) is 4.66. The second-order valence-corrected chi connectivity index (χ2v) is 5.20. The number of carbonyl (C=O) groups is 1. The topological polar surface area (TPSA) is 41.1 Å². The minimum absolute atomic E-state index is 0.151. The van der Waals surface area contributed by atoms with Gasteiger partial charge < -0.3 is 10.6 Å². The molecule has 0 atom stereocenters. The maximum atomic E-state index is 11.8. The van der Waals surface area contributed by atoms with Crippen molar-refractivity contribution in [3.63, 3.8) is 0 Å². The first-order valence-corrected chi connectivity index (χ1v) is 6.65. The van der Waals surface area contributed by atoms with Crippen molar-refractivity contribution in [2.75, 3.05) is 13.1 Å². The van der Waals surface area contributed by atoms with Crippen LogP contribution in [0.25, 0.3) is 0 Å². The van der Waals surface area contributed by atoms with E-state index in [1.165, 1.54) is 0 Å². The Morgan fingerprint density at radius 3 is 2.76 bits per heavy atom. The zero-order chi connectivity index (χ0) is 12.8. The Balaban J connectivity index is 2.50. The van der Waals surface area contributed by atoms with E-state index >= 15 is 0 Å². The number of carbonyl (C=O) groups excluding carboxylic acids is 1. The maximum absolute atomic E-state index is 11.8. The van der Waals surface area contributed by atoms with Gasteiger partial charge in [0.1, 0.15) is 0 Å². The van der Waals surface area contributed by atoms with Crippen LogP contribution in [-0.4, -0.2) is 25.0 Å². The lowest BCUT2D eigenvalue weighted by molar-refractivity contribution is 0.0953. The van der Waals surface area contributed by atoms with Gasteiger partial charge in [0.2, 0.25) is 0 Å². The highest BCUT2D eigenvalue weighted by atomic mass is 79.9. The van der Waals surface area contributed by atoms with E-state index in [0.717, 1.165) is 11.0 Å². The third-order valence-corrected chi connectivity index (χ3v) is 3.46. The Morgan fingerprint density at radius 2 is 2.12 bits per heavy atom. The van der Waals surface area contributed by atoms with Crippen molar-refractivity contribution in [3.8, 4) is 0 Å². The number of rotatable bonds is 5. The summed E-state index contributed by atoms with van der Waals surface area (Å²) in [7, 11) is 0. The van der Waals surface area contributed by atoms with E-state index in [1.807, 2.05) is 0 Å². The number of benzene rings is 1. The van der Waals surface area contributed by atoms with Gasteiger partial charge in [0.05, 0.1) is 10.6 Å². The van der Waals surface area contributed by atoms with Gasteiger partial charge in [0, 0.05) is 23.6 Å². The Bertz CT molecular complexity index is 396. The van der Waals surface area contributed by atoms with Crippen LogP contribution in [0.1, 0.15) is 24.2 Å². The molecule has 0 aliphatic rings. The molecule has 1 rings (SSSR count). The molecular weight excluding hydrogens is 304 g/mol. The van der Waals surface area contributed by atoms with Crippen LogP contribution < -0.4 is 10.6 Å². The molecule has 5 heteroatoms. The van der Waals surface area contributed by atoms with Crippen molar-refractivity contribution < 1.29 is 4.79 Å². The van der Waals surface area contributed by atoms with Crippen molar-refractivity contribution in [2.45, 2.75) is 19.9 Å². The van der Waals surface area contributed by atoms with E-state index in [-0.39, 0.29) is 5.91 Å². The first-order valence-electron chi connectivity index (χ1n) is 5.48. The van der Waals surface area contributed by atoms with Gasteiger partial charge in [-0.25, -0.2) is 0 Å². The van der Waals surface area contributed by atoms with Crippen LogP contribution in [0.15, 0.2) is 22.7 Å². The highest BCUT2D eigenvalue weighted by molar-refractivity contribution is 9.10. The Labute approximate surface area is 115 Å². The fourth-order valence-corrected chi connectivity index (χ4v) is 1.89. The molecule has 0 heterocycles. The summed E-state index contributed by atoms with van der Waals surface area (Å²) < 4.78 is 0.729. The Morgan fingerprint density at radius 1 is 1.41 bits per heavy atom. The Hall–Kier alpha value is -0.580. The molecule has 0 fully saturated rings. The minimum atomic E-state index is -0.151. The lowest BCUT2D eigenvalue weighted by Crippen LogP contribution is -2.34. The second kappa shape index (κ2) is 6.99. The lowest BCUT2D eigenvalue weighted by Gasteiger charge is -2.10. The third-order valence-electron chi connectivity index (χ3n) is 2.16. The van der Waals surface area contributed by atoms with Gasteiger partial charge in [-0.3, -0.25) is 4.79 Å². The van der Waals surface area contributed by atoms with Crippen molar-refractivity contribution in [1.29, 1.82) is 0 Å². The van der Waals surface area contributed by atoms with E-state index in [9.17, 15) is 4.79 Å². The average molecular weight is 320 g/mol. The van der Waals surface area contributed by atoms with Gasteiger partial charge in [-0.05, 0) is 28.1 Å². The molecule has 0 unspecified atom stereocenters. The van der Waals surface area contributed by atoms with Crippen LogP contribution in [0.4, 0.5) is 0 Å². The molecule has 1 aromatic carbocycles. The van der Waals surface area contributed by atoms with Crippen molar-refractivity contribution in [1.82, 2.24) is 10.6 Å². The molecule has 2 N–H and O–H groups in total. The zero-order valence-electron chi connectivity index (χ0n) is 9.89. The molecule has 0 aliphatic carbocycles. The predicted molar refractivity (Wildman–Crippen MR) is 74.6 cm³/mol. The van der Waals surface area contributed by atoms with Gasteiger partial charge in [0.25, 0.3) is 5.91 Å². The van der Waals surface area contributed by atoms with E-state index in [4.69, 9.17) is 11.6 Å². The summed E-state index contributed by atoms with van der Waals surface area (Å²) in [4.78, 5) is 11.8. The monoisotopic (exact) mass is 318 g/mol. The van der Waals surface area contributed by atoms with E-state index < -0.39 is 0 Å². The standard InChI is InChI=1S/C12H16BrClN2O/c1-8(2)15-6-7-16-12(17)9-4-3-5-10(13)11(9)14/h3-5,8,15H,6-7H2,1-2H3,(H,16,17). The quantitative estimate of drug-likeness (QED) is 0.819. The summed E-state index contributed by atoms with van der Waals surface area (Å²) in [5.74, 6) is -0.151. The molecule has 0 saturated heterocycles. The predicted octanol–water partition coefficient (Wildman–Crippen LogP) is 2.83. The van der Waals surface area contributed by atoms with Gasteiger partial charge in [-0.1, -0.05) is 31.5 Å². The van der Waals surface area contributed by atoms with Crippen LogP contribution in [0.2, 0.25) is 5.02 Å². The van der Waals surface area contributed by atoms with E-state index in [1.54, 1.807) is 18.2 Å². The number of halogens is 2. The van der Waals surface area contributed by atoms with Gasteiger partial charge >= 0.3 is 0 Å². The summed E-state index contributed by atoms with van der Waals surface area (Å²) in [6, 6.07) is 5.72. The van der Waals surface area contributed by atoms with Crippen LogP contribution in [0, 0.1) is 0 Å². The summed E-state index contributed by atoms with van der Waals surface area (Å²) in [5.41, 5.74) is 0.491. The largest absolute Gasteiger partial charge is 0.351 e. The molecule has 0 bridgehead atoms. The van der Waals surface area contributed by atoms with Crippen LogP contribution >= 0.6 is 27.5 Å². The molecule has 0 radical (unpaired) electrons. The second-order valence-electron chi connectivity index (χ2n) is 3.97. The molecule has 94 valence electrons. The van der Waals surface area contributed by atoms with Crippen LogP contribution in [0.3, 0.4) is 0 Å². The molecule has 0 spiro atoms. The summed E-state index contributed by atoms with van der Waals surface area (Å²) >= 11 is 9.32. The summed E-state index contributed by atoms with van der Waals surface area (Å²) in [5, 5.41) is 6.48. The zero-order valence-corrected chi connectivity index (χ0v) is 12.2. The fraction of sp³-hybridized carbons (Fsp3) is 0.417. The number of hydrogen-bond donors (Lipinski definition) is 2. The molecular formula is C12H16BrClN2O. The average Bonchev–Trinajstić information content (AvgIpc) is 2.27. The molecule has 0 aliphatic heterocycles. The van der Waals surface area contributed by atoms with Crippen molar-refractivity contribution in [2.24, 2.45) is 0 Å². The maximum Gasteiger partial charge on any atom is 0.252 e. The van der Waals surface area contributed by atoms with Crippen LogP contribution in [-0.2, 0) is 0 Å². The first-order chi connectivity index (χ1) is 8.02. The molecule has 0 saturated carbocycles.